The number of benzene rings is 1. The third kappa shape index (κ3) is 7.65. The molecule has 0 saturated carbocycles. The van der Waals surface area contributed by atoms with Crippen molar-refractivity contribution in [2.45, 2.75) is 6.54 Å². The van der Waals surface area contributed by atoms with Crippen LogP contribution in [0.2, 0.25) is 0 Å². The van der Waals surface area contributed by atoms with Crippen LogP contribution >= 0.6 is 12.4 Å². The van der Waals surface area contributed by atoms with Crippen LogP contribution in [0.15, 0.2) is 24.3 Å². The molecule has 1 saturated heterocycles. The summed E-state index contributed by atoms with van der Waals surface area (Å²) in [5, 5.41) is 5.68. The molecule has 0 bridgehead atoms. The largest absolute Gasteiger partial charge is 0.492 e. The van der Waals surface area contributed by atoms with Crippen LogP contribution in [0.25, 0.3) is 0 Å². The molecule has 23 heavy (non-hydrogen) atoms. The zero-order valence-electron chi connectivity index (χ0n) is 13.5. The molecule has 1 aromatic carbocycles. The fourth-order valence-electron chi connectivity index (χ4n) is 2.29. The van der Waals surface area contributed by atoms with Crippen molar-refractivity contribution in [3.05, 3.63) is 29.8 Å². The number of morpholine rings is 1. The molecule has 1 amide bonds. The van der Waals surface area contributed by atoms with E-state index in [2.05, 4.69) is 15.5 Å². The van der Waals surface area contributed by atoms with Gasteiger partial charge in [-0.05, 0) is 24.7 Å². The molecule has 2 N–H and O–H groups in total. The Kier molecular flexibility index (Phi) is 9.63. The SMILES string of the molecule is CNCC(=O)NCc1cccc(OCCN2CCOCC2)c1.Cl. The minimum absolute atomic E-state index is 0. The molecule has 0 aromatic heterocycles. The topological polar surface area (TPSA) is 62.8 Å². The number of ether oxygens (including phenoxy) is 2. The molecule has 1 heterocycles. The van der Waals surface area contributed by atoms with Gasteiger partial charge in [-0.25, -0.2) is 0 Å². The van der Waals surface area contributed by atoms with Gasteiger partial charge in [-0.2, -0.15) is 0 Å². The molecule has 1 aromatic rings. The van der Waals surface area contributed by atoms with Crippen molar-refractivity contribution in [1.29, 1.82) is 0 Å². The highest BCUT2D eigenvalue weighted by Crippen LogP contribution is 2.13. The Hall–Kier alpha value is -1.34. The van der Waals surface area contributed by atoms with E-state index in [4.69, 9.17) is 9.47 Å². The first kappa shape index (κ1) is 19.7. The fraction of sp³-hybridized carbons (Fsp3) is 0.562. The summed E-state index contributed by atoms with van der Waals surface area (Å²) in [6, 6.07) is 7.84. The van der Waals surface area contributed by atoms with Crippen molar-refractivity contribution >= 4 is 18.3 Å². The lowest BCUT2D eigenvalue weighted by atomic mass is 10.2. The second-order valence-corrected chi connectivity index (χ2v) is 5.26. The monoisotopic (exact) mass is 343 g/mol. The third-order valence-corrected chi connectivity index (χ3v) is 3.51. The van der Waals surface area contributed by atoms with Gasteiger partial charge in [0.05, 0.1) is 19.8 Å². The highest BCUT2D eigenvalue weighted by molar-refractivity contribution is 5.85. The number of nitrogens with zero attached hydrogens (tertiary/aromatic N) is 1. The molecule has 0 aliphatic carbocycles. The van der Waals surface area contributed by atoms with Crippen molar-refractivity contribution in [3.63, 3.8) is 0 Å². The van der Waals surface area contributed by atoms with Crippen LogP contribution < -0.4 is 15.4 Å². The molecule has 0 spiro atoms. The van der Waals surface area contributed by atoms with Gasteiger partial charge >= 0.3 is 0 Å². The molecule has 0 unspecified atom stereocenters. The second kappa shape index (κ2) is 11.2. The maximum atomic E-state index is 11.4. The maximum Gasteiger partial charge on any atom is 0.234 e. The van der Waals surface area contributed by atoms with Gasteiger partial charge in [0.2, 0.25) is 5.91 Å². The summed E-state index contributed by atoms with van der Waals surface area (Å²) in [4.78, 5) is 13.8. The molecule has 1 aliphatic rings. The summed E-state index contributed by atoms with van der Waals surface area (Å²) in [7, 11) is 1.75. The second-order valence-electron chi connectivity index (χ2n) is 5.26. The summed E-state index contributed by atoms with van der Waals surface area (Å²) in [5.41, 5.74) is 1.04. The van der Waals surface area contributed by atoms with E-state index >= 15 is 0 Å². The van der Waals surface area contributed by atoms with Crippen LogP contribution in [-0.4, -0.2) is 63.9 Å². The normalized spacial score (nSPS) is 14.8. The van der Waals surface area contributed by atoms with Crippen LogP contribution in [0.1, 0.15) is 5.56 Å². The van der Waals surface area contributed by atoms with Crippen LogP contribution in [0.4, 0.5) is 0 Å². The Balaban J connectivity index is 0.00000264. The quantitative estimate of drug-likeness (QED) is 0.726. The van der Waals surface area contributed by atoms with Crippen molar-refractivity contribution in [3.8, 4) is 5.75 Å². The van der Waals surface area contributed by atoms with Crippen molar-refractivity contribution < 1.29 is 14.3 Å². The van der Waals surface area contributed by atoms with Gasteiger partial charge in [-0.1, -0.05) is 12.1 Å². The van der Waals surface area contributed by atoms with E-state index in [9.17, 15) is 4.79 Å². The smallest absolute Gasteiger partial charge is 0.234 e. The zero-order chi connectivity index (χ0) is 15.6. The van der Waals surface area contributed by atoms with E-state index in [0.29, 0.717) is 19.7 Å². The number of halogens is 1. The lowest BCUT2D eigenvalue weighted by molar-refractivity contribution is -0.120. The number of hydrogen-bond donors (Lipinski definition) is 2. The fourth-order valence-corrected chi connectivity index (χ4v) is 2.29. The van der Waals surface area contributed by atoms with Gasteiger partial charge < -0.3 is 20.1 Å². The number of likely N-dealkylation sites (N-methyl/N-ethyl adjacent to an activating group) is 1. The Morgan fingerprint density at radius 2 is 2.13 bits per heavy atom. The Morgan fingerprint density at radius 1 is 1.35 bits per heavy atom. The van der Waals surface area contributed by atoms with E-state index < -0.39 is 0 Å². The van der Waals surface area contributed by atoms with Crippen molar-refractivity contribution in [2.24, 2.45) is 0 Å². The summed E-state index contributed by atoms with van der Waals surface area (Å²) in [6.45, 7) is 5.98. The predicted molar refractivity (Wildman–Crippen MR) is 92.2 cm³/mol. The lowest BCUT2D eigenvalue weighted by Crippen LogP contribution is -2.38. The highest BCUT2D eigenvalue weighted by atomic mass is 35.5. The maximum absolute atomic E-state index is 11.4. The minimum Gasteiger partial charge on any atom is -0.492 e. The zero-order valence-corrected chi connectivity index (χ0v) is 14.4. The van der Waals surface area contributed by atoms with Crippen LogP contribution in [0.5, 0.6) is 5.75 Å². The number of carbonyl (C=O) groups is 1. The Morgan fingerprint density at radius 3 is 2.87 bits per heavy atom. The van der Waals surface area contributed by atoms with Gasteiger partial charge in [0.1, 0.15) is 12.4 Å². The van der Waals surface area contributed by atoms with E-state index in [0.717, 1.165) is 44.2 Å². The van der Waals surface area contributed by atoms with Crippen molar-refractivity contribution in [1.82, 2.24) is 15.5 Å². The van der Waals surface area contributed by atoms with Crippen LogP contribution in [0.3, 0.4) is 0 Å². The molecule has 7 heteroatoms. The third-order valence-electron chi connectivity index (χ3n) is 3.51. The average molecular weight is 344 g/mol. The molecule has 1 aliphatic heterocycles. The molecule has 0 atom stereocenters. The van der Waals surface area contributed by atoms with Crippen LogP contribution in [0, 0.1) is 0 Å². The van der Waals surface area contributed by atoms with Gasteiger partial charge in [-0.15, -0.1) is 12.4 Å². The number of carbonyl (C=O) groups excluding carboxylic acids is 1. The lowest BCUT2D eigenvalue weighted by Gasteiger charge is -2.26. The van der Waals surface area contributed by atoms with Gasteiger partial charge in [-0.3, -0.25) is 9.69 Å². The first-order valence-corrected chi connectivity index (χ1v) is 7.71. The Labute approximate surface area is 143 Å². The first-order valence-electron chi connectivity index (χ1n) is 7.71. The van der Waals surface area contributed by atoms with E-state index in [1.165, 1.54) is 0 Å². The number of hydrogen-bond acceptors (Lipinski definition) is 5. The van der Waals surface area contributed by atoms with Gasteiger partial charge in [0, 0.05) is 26.2 Å². The van der Waals surface area contributed by atoms with Gasteiger partial charge in [0.15, 0.2) is 0 Å². The first-order chi connectivity index (χ1) is 10.8. The van der Waals surface area contributed by atoms with Crippen LogP contribution in [-0.2, 0) is 16.1 Å². The van der Waals surface area contributed by atoms with Gasteiger partial charge in [0.25, 0.3) is 0 Å². The molecular formula is C16H26ClN3O3. The molecule has 0 radical (unpaired) electrons. The van der Waals surface area contributed by atoms with E-state index in [1.54, 1.807) is 7.05 Å². The molecule has 6 nitrogen and oxygen atoms in total. The summed E-state index contributed by atoms with van der Waals surface area (Å²) in [5.74, 6) is 0.828. The highest BCUT2D eigenvalue weighted by Gasteiger charge is 2.09. The summed E-state index contributed by atoms with van der Waals surface area (Å²) >= 11 is 0. The van der Waals surface area contributed by atoms with Crippen molar-refractivity contribution in [2.75, 3.05) is 53.0 Å². The van der Waals surface area contributed by atoms with E-state index in [-0.39, 0.29) is 18.3 Å². The van der Waals surface area contributed by atoms with E-state index in [1.807, 2.05) is 24.3 Å². The molecule has 130 valence electrons. The number of amides is 1. The summed E-state index contributed by atoms with van der Waals surface area (Å²) < 4.78 is 11.1. The summed E-state index contributed by atoms with van der Waals surface area (Å²) in [6.07, 6.45) is 0. The standard InChI is InChI=1S/C16H25N3O3.ClH/c1-17-13-16(20)18-12-14-3-2-4-15(11-14)22-10-7-19-5-8-21-9-6-19;/h2-4,11,17H,5-10,12-13H2,1H3,(H,18,20);1H. The predicted octanol–water partition coefficient (Wildman–Crippen LogP) is 0.655. The Bertz CT molecular complexity index is 468. The number of rotatable bonds is 8. The molecule has 1 fully saturated rings. The number of nitrogens with one attached hydrogen (secondary N) is 2. The molecular weight excluding hydrogens is 318 g/mol. The average Bonchev–Trinajstić information content (AvgIpc) is 2.55. The minimum atomic E-state index is -0.0128. The molecule has 2 rings (SSSR count).